The van der Waals surface area contributed by atoms with E-state index >= 15 is 0 Å². The fraction of sp³-hybridized carbons (Fsp3) is 0.0769. The zero-order valence-electron chi connectivity index (χ0n) is 10.5. The van der Waals surface area contributed by atoms with E-state index in [1.165, 1.54) is 19.1 Å². The van der Waals surface area contributed by atoms with Gasteiger partial charge in [0.15, 0.2) is 11.6 Å². The zero-order valence-corrected chi connectivity index (χ0v) is 12.8. The average molecular weight is 379 g/mol. The summed E-state index contributed by atoms with van der Waals surface area (Å²) in [5.41, 5.74) is -0.357. The third-order valence-electron chi connectivity index (χ3n) is 2.70. The molecule has 0 bridgehead atoms. The van der Waals surface area contributed by atoms with Crippen molar-refractivity contribution in [1.29, 1.82) is 0 Å². The number of halogens is 4. The smallest absolute Gasteiger partial charge is 0.277 e. The van der Waals surface area contributed by atoms with Crippen molar-refractivity contribution < 1.29 is 18.4 Å². The van der Waals surface area contributed by atoms with E-state index in [9.17, 15) is 18.9 Å². The predicted octanol–water partition coefficient (Wildman–Crippen LogP) is 5.39. The molecule has 0 spiro atoms. The number of nitrogens with zero attached hydrogens (tertiary/aromatic N) is 1. The van der Waals surface area contributed by atoms with Gasteiger partial charge in [-0.15, -0.1) is 0 Å². The second-order valence-corrected chi connectivity index (χ2v) is 5.31. The molecule has 4 nitrogen and oxygen atoms in total. The van der Waals surface area contributed by atoms with Crippen molar-refractivity contribution in [2.24, 2.45) is 0 Å². The van der Waals surface area contributed by atoms with Crippen molar-refractivity contribution in [1.82, 2.24) is 0 Å². The molecular formula is C13H7BrClF2NO3. The lowest BCUT2D eigenvalue weighted by Gasteiger charge is -2.11. The van der Waals surface area contributed by atoms with Crippen LogP contribution in [0, 0.1) is 28.7 Å². The van der Waals surface area contributed by atoms with Crippen LogP contribution in [0.4, 0.5) is 14.5 Å². The molecule has 0 saturated carbocycles. The maximum atomic E-state index is 13.9. The minimum Gasteiger partial charge on any atom is -0.453 e. The second kappa shape index (κ2) is 5.95. The van der Waals surface area contributed by atoms with Gasteiger partial charge in [0, 0.05) is 5.56 Å². The molecule has 0 aliphatic heterocycles. The van der Waals surface area contributed by atoms with E-state index < -0.39 is 22.2 Å². The van der Waals surface area contributed by atoms with Gasteiger partial charge in [-0.25, -0.2) is 8.78 Å². The molecule has 21 heavy (non-hydrogen) atoms. The lowest BCUT2D eigenvalue weighted by Crippen LogP contribution is -1.98. The highest BCUT2D eigenvalue weighted by Crippen LogP contribution is 2.39. The van der Waals surface area contributed by atoms with Crippen molar-refractivity contribution >= 4 is 33.2 Å². The Kier molecular flexibility index (Phi) is 4.43. The molecule has 2 aromatic rings. The Balaban J connectivity index is 2.47. The lowest BCUT2D eigenvalue weighted by atomic mass is 10.2. The van der Waals surface area contributed by atoms with Crippen molar-refractivity contribution in [3.8, 4) is 11.5 Å². The van der Waals surface area contributed by atoms with E-state index in [-0.39, 0.29) is 26.6 Å². The number of hydrogen-bond acceptors (Lipinski definition) is 3. The molecule has 0 aromatic heterocycles. The predicted molar refractivity (Wildman–Crippen MR) is 77.0 cm³/mol. The van der Waals surface area contributed by atoms with Crippen LogP contribution in [0.1, 0.15) is 5.56 Å². The van der Waals surface area contributed by atoms with Crippen LogP contribution in [0.25, 0.3) is 0 Å². The van der Waals surface area contributed by atoms with Gasteiger partial charge in [0.25, 0.3) is 5.69 Å². The summed E-state index contributed by atoms with van der Waals surface area (Å²) in [5, 5.41) is 10.6. The first-order chi connectivity index (χ1) is 9.81. The van der Waals surface area contributed by atoms with Crippen molar-refractivity contribution in [2.45, 2.75) is 6.92 Å². The van der Waals surface area contributed by atoms with Gasteiger partial charge in [-0.2, -0.15) is 0 Å². The summed E-state index contributed by atoms with van der Waals surface area (Å²) >= 11 is 8.88. The maximum absolute atomic E-state index is 13.9. The van der Waals surface area contributed by atoms with E-state index in [1.54, 1.807) is 0 Å². The SMILES string of the molecule is Cc1c([N+](=O)[O-])cc(F)c(Oc2ccc(F)c(Br)c2)c1Cl. The summed E-state index contributed by atoms with van der Waals surface area (Å²) < 4.78 is 32.4. The third-order valence-corrected chi connectivity index (χ3v) is 3.76. The first-order valence-electron chi connectivity index (χ1n) is 5.57. The number of hydrogen-bond donors (Lipinski definition) is 0. The van der Waals surface area contributed by atoms with Crippen LogP contribution in [-0.2, 0) is 0 Å². The highest BCUT2D eigenvalue weighted by molar-refractivity contribution is 9.10. The Labute approximate surface area is 131 Å². The lowest BCUT2D eigenvalue weighted by molar-refractivity contribution is -0.385. The van der Waals surface area contributed by atoms with Crippen LogP contribution in [0.15, 0.2) is 28.7 Å². The van der Waals surface area contributed by atoms with Gasteiger partial charge < -0.3 is 4.74 Å². The number of nitro groups is 1. The molecule has 0 saturated heterocycles. The second-order valence-electron chi connectivity index (χ2n) is 4.08. The van der Waals surface area contributed by atoms with Gasteiger partial charge in [0.2, 0.25) is 0 Å². The molecule has 2 rings (SSSR count). The molecule has 0 unspecified atom stereocenters. The van der Waals surface area contributed by atoms with Gasteiger partial charge in [-0.05, 0) is 41.1 Å². The van der Waals surface area contributed by atoms with Crippen LogP contribution in [-0.4, -0.2) is 4.92 Å². The number of benzene rings is 2. The first kappa shape index (κ1) is 15.7. The van der Waals surface area contributed by atoms with Crippen LogP contribution in [0.5, 0.6) is 11.5 Å². The normalized spacial score (nSPS) is 10.5. The minimum atomic E-state index is -0.974. The average Bonchev–Trinajstić information content (AvgIpc) is 2.42. The van der Waals surface area contributed by atoms with Gasteiger partial charge >= 0.3 is 0 Å². The summed E-state index contributed by atoms with van der Waals surface area (Å²) in [6, 6.07) is 4.44. The first-order valence-corrected chi connectivity index (χ1v) is 6.74. The van der Waals surface area contributed by atoms with Gasteiger partial charge in [-0.1, -0.05) is 11.6 Å². The molecule has 0 amide bonds. The van der Waals surface area contributed by atoms with E-state index in [2.05, 4.69) is 15.9 Å². The summed E-state index contributed by atoms with van der Waals surface area (Å²) in [6.45, 7) is 1.38. The van der Waals surface area contributed by atoms with Gasteiger partial charge in [0.05, 0.1) is 20.5 Å². The molecule has 0 atom stereocenters. The molecule has 2 aromatic carbocycles. The third kappa shape index (κ3) is 3.14. The summed E-state index contributed by atoms with van der Waals surface area (Å²) in [6.07, 6.45) is 0. The Bertz CT molecular complexity index is 740. The quantitative estimate of drug-likeness (QED) is 0.531. The molecule has 0 aliphatic rings. The van der Waals surface area contributed by atoms with Crippen LogP contribution < -0.4 is 4.74 Å². The molecule has 0 heterocycles. The molecule has 0 aliphatic carbocycles. The van der Waals surface area contributed by atoms with Crippen LogP contribution in [0.3, 0.4) is 0 Å². The molecule has 110 valence electrons. The Morgan fingerprint density at radius 1 is 1.29 bits per heavy atom. The summed E-state index contributed by atoms with van der Waals surface area (Å²) in [4.78, 5) is 10.0. The van der Waals surface area contributed by atoms with Crippen molar-refractivity contribution in [3.05, 3.63) is 61.1 Å². The zero-order chi connectivity index (χ0) is 15.7. The number of nitro benzene ring substituents is 1. The van der Waals surface area contributed by atoms with Gasteiger partial charge in [-0.3, -0.25) is 10.1 Å². The summed E-state index contributed by atoms with van der Waals surface area (Å²) in [7, 11) is 0. The highest BCUT2D eigenvalue weighted by atomic mass is 79.9. The van der Waals surface area contributed by atoms with Gasteiger partial charge in [0.1, 0.15) is 11.6 Å². The molecule has 0 N–H and O–H groups in total. The molecule has 8 heteroatoms. The van der Waals surface area contributed by atoms with Crippen LogP contribution in [0.2, 0.25) is 5.02 Å². The minimum absolute atomic E-state index is 0.0826. The Hall–Kier alpha value is -1.73. The highest BCUT2D eigenvalue weighted by Gasteiger charge is 2.22. The monoisotopic (exact) mass is 377 g/mol. The largest absolute Gasteiger partial charge is 0.453 e. The fourth-order valence-electron chi connectivity index (χ4n) is 1.62. The van der Waals surface area contributed by atoms with Crippen molar-refractivity contribution in [2.75, 3.05) is 0 Å². The Morgan fingerprint density at radius 2 is 1.95 bits per heavy atom. The number of rotatable bonds is 3. The molecule has 0 fully saturated rings. The maximum Gasteiger partial charge on any atom is 0.277 e. The van der Waals surface area contributed by atoms with E-state index in [4.69, 9.17) is 16.3 Å². The van der Waals surface area contributed by atoms with E-state index in [1.807, 2.05) is 0 Å². The fourth-order valence-corrected chi connectivity index (χ4v) is 2.21. The number of ether oxygens (including phenoxy) is 1. The van der Waals surface area contributed by atoms with E-state index in [0.29, 0.717) is 0 Å². The summed E-state index contributed by atoms with van der Waals surface area (Å²) in [5.74, 6) is -1.69. The Morgan fingerprint density at radius 3 is 2.52 bits per heavy atom. The standard InChI is InChI=1S/C13H7BrClF2NO3/c1-6-11(18(19)20)5-10(17)13(12(6)15)21-7-2-3-9(16)8(14)4-7/h2-5H,1H3. The molecular weight excluding hydrogens is 372 g/mol. The van der Waals surface area contributed by atoms with E-state index in [0.717, 1.165) is 12.1 Å². The van der Waals surface area contributed by atoms with Crippen molar-refractivity contribution in [3.63, 3.8) is 0 Å². The molecule has 0 radical (unpaired) electrons. The van der Waals surface area contributed by atoms with Crippen LogP contribution >= 0.6 is 27.5 Å². The topological polar surface area (TPSA) is 52.4 Å².